The fourth-order valence-electron chi connectivity index (χ4n) is 2.75. The van der Waals surface area contributed by atoms with Crippen LogP contribution in [0.2, 0.25) is 0 Å². The number of nitro groups is 1. The van der Waals surface area contributed by atoms with Gasteiger partial charge in [0, 0.05) is 29.3 Å². The number of benzene rings is 3. The Morgan fingerprint density at radius 2 is 1.66 bits per heavy atom. The lowest BCUT2D eigenvalue weighted by atomic mass is 9.99. The number of nitrogens with zero attached hydrogens (tertiary/aromatic N) is 1. The van der Waals surface area contributed by atoms with Crippen LogP contribution in [0.25, 0.3) is 6.08 Å². The number of nitro benzene ring substituents is 1. The van der Waals surface area contributed by atoms with Gasteiger partial charge in [-0.1, -0.05) is 42.0 Å². The van der Waals surface area contributed by atoms with Gasteiger partial charge in [0.25, 0.3) is 5.69 Å². The predicted molar refractivity (Wildman–Crippen MR) is 112 cm³/mol. The molecule has 0 atom stereocenters. The van der Waals surface area contributed by atoms with Crippen LogP contribution in [0.15, 0.2) is 78.9 Å². The van der Waals surface area contributed by atoms with E-state index in [1.807, 2.05) is 19.1 Å². The fourth-order valence-corrected chi connectivity index (χ4v) is 2.75. The first-order chi connectivity index (χ1) is 13.9. The van der Waals surface area contributed by atoms with Crippen molar-refractivity contribution in [3.63, 3.8) is 0 Å². The molecule has 3 rings (SSSR count). The Labute approximate surface area is 167 Å². The predicted octanol–water partition coefficient (Wildman–Crippen LogP) is 4.79. The number of carbonyl (C=O) groups excluding carboxylic acids is 2. The van der Waals surface area contributed by atoms with Gasteiger partial charge < -0.3 is 5.32 Å². The SMILES string of the molecule is Cc1ccc(NC(=O)C=Cc2ccc([N+](=O)[O-])cc2)c(C(=O)c2ccccc2)c1. The smallest absolute Gasteiger partial charge is 0.269 e. The molecule has 1 N–H and O–H groups in total. The number of nitrogens with one attached hydrogen (secondary N) is 1. The Morgan fingerprint density at radius 1 is 0.966 bits per heavy atom. The zero-order valence-corrected chi connectivity index (χ0v) is 15.7. The van der Waals surface area contributed by atoms with Crippen molar-refractivity contribution in [2.75, 3.05) is 5.32 Å². The van der Waals surface area contributed by atoms with Crippen molar-refractivity contribution in [2.24, 2.45) is 0 Å². The first-order valence-corrected chi connectivity index (χ1v) is 8.88. The standard InChI is InChI=1S/C23H18N2O4/c1-16-7-13-21(20(15-16)23(27)18-5-3-2-4-6-18)24-22(26)14-10-17-8-11-19(12-9-17)25(28)29/h2-15H,1H3,(H,24,26). The Bertz CT molecular complexity index is 1090. The second-order valence-electron chi connectivity index (χ2n) is 6.42. The van der Waals surface area contributed by atoms with Crippen LogP contribution in [0.3, 0.4) is 0 Å². The van der Waals surface area contributed by atoms with Crippen LogP contribution in [0.5, 0.6) is 0 Å². The summed E-state index contributed by atoms with van der Waals surface area (Å²) in [5, 5.41) is 13.4. The highest BCUT2D eigenvalue weighted by Crippen LogP contribution is 2.21. The first kappa shape index (κ1) is 19.7. The largest absolute Gasteiger partial charge is 0.322 e. The number of carbonyl (C=O) groups is 2. The van der Waals surface area contributed by atoms with Gasteiger partial charge in [-0.25, -0.2) is 0 Å². The van der Waals surface area contributed by atoms with Gasteiger partial charge in [0.15, 0.2) is 5.78 Å². The molecule has 6 nitrogen and oxygen atoms in total. The molecule has 144 valence electrons. The summed E-state index contributed by atoms with van der Waals surface area (Å²) in [6.45, 7) is 1.88. The normalized spacial score (nSPS) is 10.7. The third-order valence-corrected chi connectivity index (χ3v) is 4.24. The molecule has 29 heavy (non-hydrogen) atoms. The summed E-state index contributed by atoms with van der Waals surface area (Å²) in [5.41, 5.74) is 2.90. The molecule has 0 saturated heterocycles. The van der Waals surface area contributed by atoms with E-state index in [2.05, 4.69) is 5.32 Å². The molecule has 0 aliphatic carbocycles. The van der Waals surface area contributed by atoms with Gasteiger partial charge in [0.1, 0.15) is 0 Å². The Balaban J connectivity index is 1.78. The van der Waals surface area contributed by atoms with E-state index in [0.717, 1.165) is 5.56 Å². The van der Waals surface area contributed by atoms with Crippen LogP contribution in [-0.4, -0.2) is 16.6 Å². The lowest BCUT2D eigenvalue weighted by Crippen LogP contribution is -2.13. The van der Waals surface area contributed by atoms with Gasteiger partial charge in [-0.15, -0.1) is 0 Å². The van der Waals surface area contributed by atoms with Crippen molar-refractivity contribution in [1.29, 1.82) is 0 Å². The Hall–Kier alpha value is -4.06. The number of rotatable bonds is 6. The van der Waals surface area contributed by atoms with Crippen LogP contribution in [0.1, 0.15) is 27.0 Å². The van der Waals surface area contributed by atoms with E-state index < -0.39 is 10.8 Å². The summed E-state index contributed by atoms with van der Waals surface area (Å²) < 4.78 is 0. The molecule has 6 heteroatoms. The van der Waals surface area contributed by atoms with Crippen molar-refractivity contribution >= 4 is 29.1 Å². The van der Waals surface area contributed by atoms with Crippen molar-refractivity contribution in [2.45, 2.75) is 6.92 Å². The van der Waals surface area contributed by atoms with Crippen molar-refractivity contribution in [1.82, 2.24) is 0 Å². The Kier molecular flexibility index (Phi) is 5.94. The number of amides is 1. The van der Waals surface area contributed by atoms with Gasteiger partial charge in [-0.05, 0) is 42.8 Å². The van der Waals surface area contributed by atoms with E-state index in [1.165, 1.54) is 18.2 Å². The topological polar surface area (TPSA) is 89.3 Å². The quantitative estimate of drug-likeness (QED) is 0.286. The van der Waals surface area contributed by atoms with Gasteiger partial charge in [-0.2, -0.15) is 0 Å². The molecule has 0 aromatic heterocycles. The molecule has 3 aromatic carbocycles. The molecule has 0 aliphatic heterocycles. The highest BCUT2D eigenvalue weighted by Gasteiger charge is 2.15. The molecular formula is C23H18N2O4. The number of non-ortho nitro benzene ring substituents is 1. The number of hydrogen-bond acceptors (Lipinski definition) is 4. The summed E-state index contributed by atoms with van der Waals surface area (Å²) in [4.78, 5) is 35.4. The molecule has 3 aromatic rings. The number of anilines is 1. The molecule has 0 radical (unpaired) electrons. The van der Waals surface area contributed by atoms with Crippen LogP contribution >= 0.6 is 0 Å². The molecule has 0 spiro atoms. The minimum atomic E-state index is -0.483. The van der Waals surface area contributed by atoms with Gasteiger partial charge in [0.2, 0.25) is 5.91 Å². The van der Waals surface area contributed by atoms with Crippen LogP contribution in [-0.2, 0) is 4.79 Å². The van der Waals surface area contributed by atoms with Crippen LogP contribution in [0.4, 0.5) is 11.4 Å². The van der Waals surface area contributed by atoms with Gasteiger partial charge >= 0.3 is 0 Å². The molecule has 0 saturated carbocycles. The molecule has 0 heterocycles. The number of aryl methyl sites for hydroxylation is 1. The fraction of sp³-hybridized carbons (Fsp3) is 0.0435. The van der Waals surface area contributed by atoms with E-state index in [0.29, 0.717) is 22.4 Å². The summed E-state index contributed by atoms with van der Waals surface area (Å²) in [7, 11) is 0. The summed E-state index contributed by atoms with van der Waals surface area (Å²) in [6, 6.07) is 20.0. The van der Waals surface area contributed by atoms with Crippen molar-refractivity contribution in [3.8, 4) is 0 Å². The summed E-state index contributed by atoms with van der Waals surface area (Å²) in [6.07, 6.45) is 2.86. The van der Waals surface area contributed by atoms with Crippen molar-refractivity contribution in [3.05, 3.63) is 111 Å². The van der Waals surface area contributed by atoms with E-state index in [9.17, 15) is 19.7 Å². The maximum absolute atomic E-state index is 12.8. The van der Waals surface area contributed by atoms with E-state index in [4.69, 9.17) is 0 Å². The lowest BCUT2D eigenvalue weighted by Gasteiger charge is -2.10. The third kappa shape index (κ3) is 5.01. The minimum absolute atomic E-state index is 0.0182. The zero-order chi connectivity index (χ0) is 20.8. The molecule has 0 unspecified atom stereocenters. The highest BCUT2D eigenvalue weighted by molar-refractivity contribution is 6.15. The van der Waals surface area contributed by atoms with E-state index >= 15 is 0 Å². The molecule has 1 amide bonds. The second-order valence-corrected chi connectivity index (χ2v) is 6.42. The number of ketones is 1. The highest BCUT2D eigenvalue weighted by atomic mass is 16.6. The summed E-state index contributed by atoms with van der Waals surface area (Å²) >= 11 is 0. The van der Waals surface area contributed by atoms with Gasteiger partial charge in [-0.3, -0.25) is 19.7 Å². The second kappa shape index (κ2) is 8.75. The van der Waals surface area contributed by atoms with E-state index in [1.54, 1.807) is 54.6 Å². The van der Waals surface area contributed by atoms with Crippen molar-refractivity contribution < 1.29 is 14.5 Å². The average molecular weight is 386 g/mol. The molecule has 0 fully saturated rings. The average Bonchev–Trinajstić information content (AvgIpc) is 2.74. The minimum Gasteiger partial charge on any atom is -0.322 e. The lowest BCUT2D eigenvalue weighted by molar-refractivity contribution is -0.384. The van der Waals surface area contributed by atoms with E-state index in [-0.39, 0.29) is 11.5 Å². The number of hydrogen-bond donors (Lipinski definition) is 1. The Morgan fingerprint density at radius 3 is 2.31 bits per heavy atom. The maximum Gasteiger partial charge on any atom is 0.269 e. The third-order valence-electron chi connectivity index (χ3n) is 4.24. The monoisotopic (exact) mass is 386 g/mol. The zero-order valence-electron chi connectivity index (χ0n) is 15.7. The summed E-state index contributed by atoms with van der Waals surface area (Å²) in [5.74, 6) is -0.585. The maximum atomic E-state index is 12.8. The van der Waals surface area contributed by atoms with Gasteiger partial charge in [0.05, 0.1) is 10.6 Å². The molecule has 0 aliphatic rings. The molecule has 0 bridgehead atoms. The molecular weight excluding hydrogens is 368 g/mol. The van der Waals surface area contributed by atoms with Crippen LogP contribution < -0.4 is 5.32 Å². The van der Waals surface area contributed by atoms with Crippen LogP contribution in [0, 0.1) is 17.0 Å². The first-order valence-electron chi connectivity index (χ1n) is 8.88.